The third-order valence-corrected chi connectivity index (χ3v) is 7.16. The number of amides is 1. The average Bonchev–Trinajstić information content (AvgIpc) is 3.18. The molecule has 0 bridgehead atoms. The average molecular weight is 431 g/mol. The van der Waals surface area contributed by atoms with Gasteiger partial charge in [0.05, 0.1) is 17.4 Å². The summed E-state index contributed by atoms with van der Waals surface area (Å²) in [5.74, 6) is 0.770. The van der Waals surface area contributed by atoms with Crippen molar-refractivity contribution in [2.45, 2.75) is 43.6 Å². The molecule has 0 radical (unpaired) electrons. The van der Waals surface area contributed by atoms with Gasteiger partial charge in [-0.25, -0.2) is 0 Å². The predicted molar refractivity (Wildman–Crippen MR) is 126 cm³/mol. The van der Waals surface area contributed by atoms with Gasteiger partial charge < -0.3 is 14.3 Å². The van der Waals surface area contributed by atoms with Crippen molar-refractivity contribution in [1.82, 2.24) is 0 Å². The fourth-order valence-electron chi connectivity index (χ4n) is 3.57. The number of aliphatic hydroxyl groups excluding tert-OH is 1. The predicted octanol–water partition coefficient (Wildman–Crippen LogP) is 5.25. The van der Waals surface area contributed by atoms with E-state index in [9.17, 15) is 9.90 Å². The zero-order valence-electron chi connectivity index (χ0n) is 17.4. The van der Waals surface area contributed by atoms with E-state index >= 15 is 0 Å². The molecule has 29 heavy (non-hydrogen) atoms. The maximum atomic E-state index is 13.3. The van der Waals surface area contributed by atoms with Gasteiger partial charge in [0.15, 0.2) is 0 Å². The van der Waals surface area contributed by atoms with E-state index in [0.717, 1.165) is 53.3 Å². The van der Waals surface area contributed by atoms with Gasteiger partial charge in [-0.1, -0.05) is 43.8 Å². The minimum atomic E-state index is -0.254. The lowest BCUT2D eigenvalue weighted by molar-refractivity contribution is 0.0990. The molecule has 3 rings (SSSR count). The van der Waals surface area contributed by atoms with Gasteiger partial charge in [0, 0.05) is 36.2 Å². The molecule has 0 saturated carbocycles. The molecule has 6 heteroatoms. The van der Waals surface area contributed by atoms with Crippen molar-refractivity contribution in [2.75, 3.05) is 34.8 Å². The first-order valence-corrected chi connectivity index (χ1v) is 12.3. The molecular formula is C23H30N2O2S2. The summed E-state index contributed by atoms with van der Waals surface area (Å²) in [5, 5.41) is 10.1. The molecule has 0 aromatic heterocycles. The number of para-hydroxylation sites is 1. The summed E-state index contributed by atoms with van der Waals surface area (Å²) in [5.41, 5.74) is 3.89. The second kappa shape index (κ2) is 10.4. The van der Waals surface area contributed by atoms with Gasteiger partial charge in [-0.3, -0.25) is 4.79 Å². The number of unbranched alkanes of at least 4 members (excludes halogenated alkanes) is 1. The van der Waals surface area contributed by atoms with E-state index < -0.39 is 0 Å². The molecule has 1 aliphatic heterocycles. The third-order valence-electron chi connectivity index (χ3n) is 5.27. The lowest BCUT2D eigenvalue weighted by Crippen LogP contribution is -2.30. The van der Waals surface area contributed by atoms with Crippen LogP contribution < -0.4 is 9.21 Å². The smallest absolute Gasteiger partial charge is 0.260 e. The lowest BCUT2D eigenvalue weighted by atomic mass is 10.1. The number of carbonyl (C=O) groups is 1. The van der Waals surface area contributed by atoms with Crippen molar-refractivity contribution in [3.8, 4) is 0 Å². The summed E-state index contributed by atoms with van der Waals surface area (Å²) in [6.45, 7) is 2.85. The van der Waals surface area contributed by atoms with Gasteiger partial charge in [-0.2, -0.15) is 0 Å². The summed E-state index contributed by atoms with van der Waals surface area (Å²) < 4.78 is 2.02. The van der Waals surface area contributed by atoms with E-state index in [2.05, 4.69) is 25.1 Å². The van der Waals surface area contributed by atoms with Crippen molar-refractivity contribution in [3.63, 3.8) is 0 Å². The molecule has 1 amide bonds. The molecule has 0 fully saturated rings. The van der Waals surface area contributed by atoms with Gasteiger partial charge in [-0.15, -0.1) is 11.8 Å². The molecule has 0 saturated heterocycles. The van der Waals surface area contributed by atoms with Gasteiger partial charge in [-0.05, 0) is 48.7 Å². The molecule has 0 aliphatic carbocycles. The SMILES string of the molecule is CCCCC(O)CSc1ccc2c(c1)CCN2C(=O)c1ccccc1N(C)SC. The Kier molecular flexibility index (Phi) is 7.92. The number of fused-ring (bicyclic) bond motifs is 1. The van der Waals surface area contributed by atoms with Crippen LogP contribution in [0.3, 0.4) is 0 Å². The number of hydrogen-bond acceptors (Lipinski definition) is 5. The van der Waals surface area contributed by atoms with Crippen LogP contribution in [-0.2, 0) is 6.42 Å². The Morgan fingerprint density at radius 3 is 2.83 bits per heavy atom. The Morgan fingerprint density at radius 2 is 2.07 bits per heavy atom. The molecule has 0 spiro atoms. The second-order valence-electron chi connectivity index (χ2n) is 7.30. The van der Waals surface area contributed by atoms with Crippen molar-refractivity contribution in [2.24, 2.45) is 0 Å². The highest BCUT2D eigenvalue weighted by Crippen LogP contribution is 2.35. The Bertz CT molecular complexity index is 843. The molecule has 2 aromatic carbocycles. The van der Waals surface area contributed by atoms with E-state index in [1.807, 2.05) is 46.8 Å². The zero-order chi connectivity index (χ0) is 20.8. The lowest BCUT2D eigenvalue weighted by Gasteiger charge is -2.23. The molecule has 1 heterocycles. The summed E-state index contributed by atoms with van der Waals surface area (Å²) in [6, 6.07) is 14.1. The topological polar surface area (TPSA) is 43.8 Å². The van der Waals surface area contributed by atoms with Crippen LogP contribution in [0, 0.1) is 0 Å². The van der Waals surface area contributed by atoms with Gasteiger partial charge in [0.2, 0.25) is 0 Å². The summed E-state index contributed by atoms with van der Waals surface area (Å²) in [7, 11) is 1.98. The van der Waals surface area contributed by atoms with Crippen LogP contribution >= 0.6 is 23.7 Å². The Hall–Kier alpha value is -1.63. The minimum absolute atomic E-state index is 0.0515. The number of benzene rings is 2. The maximum Gasteiger partial charge on any atom is 0.260 e. The van der Waals surface area contributed by atoms with Crippen LogP contribution in [0.5, 0.6) is 0 Å². The zero-order valence-corrected chi connectivity index (χ0v) is 19.1. The van der Waals surface area contributed by atoms with Crippen molar-refractivity contribution >= 4 is 41.0 Å². The van der Waals surface area contributed by atoms with Gasteiger partial charge in [0.1, 0.15) is 0 Å². The molecule has 156 valence electrons. The van der Waals surface area contributed by atoms with Crippen LogP contribution in [-0.4, -0.2) is 42.7 Å². The highest BCUT2D eigenvalue weighted by atomic mass is 32.2. The van der Waals surface area contributed by atoms with Crippen LogP contribution in [0.1, 0.15) is 42.1 Å². The van der Waals surface area contributed by atoms with Gasteiger partial charge >= 0.3 is 0 Å². The molecular weight excluding hydrogens is 400 g/mol. The monoisotopic (exact) mass is 430 g/mol. The fraction of sp³-hybridized carbons (Fsp3) is 0.435. The third kappa shape index (κ3) is 5.30. The largest absolute Gasteiger partial charge is 0.392 e. The van der Waals surface area contributed by atoms with Crippen molar-refractivity contribution < 1.29 is 9.90 Å². The minimum Gasteiger partial charge on any atom is -0.392 e. The maximum absolute atomic E-state index is 13.3. The number of carbonyl (C=O) groups excluding carboxylic acids is 1. The molecule has 1 aliphatic rings. The number of aliphatic hydroxyl groups is 1. The molecule has 1 atom stereocenters. The van der Waals surface area contributed by atoms with Crippen molar-refractivity contribution in [1.29, 1.82) is 0 Å². The van der Waals surface area contributed by atoms with Gasteiger partial charge in [0.25, 0.3) is 5.91 Å². The molecule has 4 nitrogen and oxygen atoms in total. The molecule has 1 N–H and O–H groups in total. The summed E-state index contributed by atoms with van der Waals surface area (Å²) >= 11 is 3.29. The quantitative estimate of drug-likeness (QED) is 0.435. The van der Waals surface area contributed by atoms with E-state index in [1.54, 1.807) is 23.7 Å². The van der Waals surface area contributed by atoms with Crippen LogP contribution in [0.15, 0.2) is 47.4 Å². The first-order valence-electron chi connectivity index (χ1n) is 10.2. The normalized spacial score (nSPS) is 14.0. The first kappa shape index (κ1) is 22.1. The number of nitrogens with zero attached hydrogens (tertiary/aromatic N) is 2. The summed E-state index contributed by atoms with van der Waals surface area (Å²) in [4.78, 5) is 16.4. The van der Waals surface area contributed by atoms with E-state index in [4.69, 9.17) is 0 Å². The van der Waals surface area contributed by atoms with Crippen LogP contribution in [0.25, 0.3) is 0 Å². The molecule has 2 aromatic rings. The Balaban J connectivity index is 1.73. The number of rotatable bonds is 9. The highest BCUT2D eigenvalue weighted by molar-refractivity contribution is 8.00. The Morgan fingerprint density at radius 1 is 1.28 bits per heavy atom. The standard InChI is InChI=1S/C23H30N2O2S2/c1-4-5-8-18(26)16-29-19-11-12-21-17(15-19)13-14-25(21)23(27)20-9-6-7-10-22(20)24(2)28-3/h6-7,9-12,15,18,26H,4-5,8,13-14,16H2,1-3H3. The molecule has 1 unspecified atom stereocenters. The fourth-order valence-corrected chi connectivity index (χ4v) is 4.86. The van der Waals surface area contributed by atoms with E-state index in [-0.39, 0.29) is 12.0 Å². The first-order chi connectivity index (χ1) is 14.0. The van der Waals surface area contributed by atoms with E-state index in [0.29, 0.717) is 6.54 Å². The van der Waals surface area contributed by atoms with Crippen molar-refractivity contribution in [3.05, 3.63) is 53.6 Å². The second-order valence-corrected chi connectivity index (χ2v) is 9.31. The highest BCUT2D eigenvalue weighted by Gasteiger charge is 2.27. The van der Waals surface area contributed by atoms with Crippen LogP contribution in [0.4, 0.5) is 11.4 Å². The number of anilines is 2. The summed E-state index contributed by atoms with van der Waals surface area (Å²) in [6.07, 6.45) is 5.66. The van der Waals surface area contributed by atoms with E-state index in [1.165, 1.54) is 5.56 Å². The number of thioether (sulfide) groups is 1. The van der Waals surface area contributed by atoms with Crippen LogP contribution in [0.2, 0.25) is 0 Å². The Labute approximate surface area is 182 Å². The number of hydrogen-bond donors (Lipinski definition) is 1.